The summed E-state index contributed by atoms with van der Waals surface area (Å²) in [5.41, 5.74) is 4.11. The van der Waals surface area contributed by atoms with Gasteiger partial charge in [-0.3, -0.25) is 4.79 Å². The normalized spacial score (nSPS) is 11.8. The van der Waals surface area contributed by atoms with Crippen molar-refractivity contribution in [2.75, 3.05) is 11.9 Å². The van der Waals surface area contributed by atoms with Gasteiger partial charge >= 0.3 is 0 Å². The maximum atomic E-state index is 12.9. The van der Waals surface area contributed by atoms with Crippen molar-refractivity contribution in [2.45, 2.75) is 24.3 Å². The van der Waals surface area contributed by atoms with E-state index in [1.807, 2.05) is 92.7 Å². The van der Waals surface area contributed by atoms with Crippen molar-refractivity contribution < 1.29 is 9.53 Å². The average Bonchev–Trinajstić information content (AvgIpc) is 3.31. The standard InChI is InChI=1S/C27H23N5O2S2/c1-3-34-20-14-15-21-22(16-20)36-26(28-21)30-25(33)17(2)35-27-29-23(18-10-6-4-7-11-18)24(31-32-27)19-12-8-5-9-13-19/h4-17H,3H2,1-2H3,(H,28,30,33). The summed E-state index contributed by atoms with van der Waals surface area (Å²) < 4.78 is 6.51. The second-order valence-corrected chi connectivity index (χ2v) is 10.2. The molecule has 0 aliphatic carbocycles. The highest BCUT2D eigenvalue weighted by Gasteiger charge is 2.20. The molecule has 1 amide bonds. The fourth-order valence-corrected chi connectivity index (χ4v) is 5.19. The van der Waals surface area contributed by atoms with E-state index in [-0.39, 0.29) is 5.91 Å². The van der Waals surface area contributed by atoms with Gasteiger partial charge in [-0.05, 0) is 32.0 Å². The van der Waals surface area contributed by atoms with Crippen molar-refractivity contribution in [3.05, 3.63) is 78.9 Å². The number of nitrogens with zero attached hydrogens (tertiary/aromatic N) is 4. The molecule has 0 bridgehead atoms. The van der Waals surface area contributed by atoms with E-state index in [4.69, 9.17) is 9.72 Å². The first-order valence-corrected chi connectivity index (χ1v) is 13.2. The van der Waals surface area contributed by atoms with Gasteiger partial charge in [-0.15, -0.1) is 10.2 Å². The second kappa shape index (κ2) is 10.8. The van der Waals surface area contributed by atoms with E-state index in [1.54, 1.807) is 0 Å². The minimum Gasteiger partial charge on any atom is -0.494 e. The molecule has 36 heavy (non-hydrogen) atoms. The summed E-state index contributed by atoms with van der Waals surface area (Å²) >= 11 is 2.67. The maximum Gasteiger partial charge on any atom is 0.239 e. The Labute approximate surface area is 217 Å². The molecule has 1 atom stereocenters. The van der Waals surface area contributed by atoms with Gasteiger partial charge in [-0.25, -0.2) is 9.97 Å². The summed E-state index contributed by atoms with van der Waals surface area (Å²) in [7, 11) is 0. The molecule has 3 aromatic carbocycles. The SMILES string of the molecule is CCOc1ccc2nc(NC(=O)C(C)Sc3nnc(-c4ccccc4)c(-c4ccccc4)n3)sc2c1. The number of nitrogens with one attached hydrogen (secondary N) is 1. The maximum absolute atomic E-state index is 12.9. The predicted octanol–water partition coefficient (Wildman–Crippen LogP) is 6.33. The number of thioether (sulfide) groups is 1. The van der Waals surface area contributed by atoms with Gasteiger partial charge in [0.2, 0.25) is 11.1 Å². The summed E-state index contributed by atoms with van der Waals surface area (Å²) in [5, 5.41) is 12.3. The molecule has 2 heterocycles. The van der Waals surface area contributed by atoms with Crippen molar-refractivity contribution >= 4 is 44.4 Å². The first-order valence-electron chi connectivity index (χ1n) is 11.5. The number of ether oxygens (including phenoxy) is 1. The lowest BCUT2D eigenvalue weighted by Crippen LogP contribution is -2.22. The Morgan fingerprint density at radius 2 is 1.64 bits per heavy atom. The zero-order chi connectivity index (χ0) is 24.9. The van der Waals surface area contributed by atoms with E-state index in [0.717, 1.165) is 32.8 Å². The van der Waals surface area contributed by atoms with Crippen LogP contribution in [-0.4, -0.2) is 37.9 Å². The molecule has 0 saturated heterocycles. The number of fused-ring (bicyclic) bond motifs is 1. The smallest absolute Gasteiger partial charge is 0.239 e. The lowest BCUT2D eigenvalue weighted by molar-refractivity contribution is -0.115. The largest absolute Gasteiger partial charge is 0.494 e. The Bertz CT molecular complexity index is 1490. The molecular formula is C27H23N5O2S2. The number of benzene rings is 3. The van der Waals surface area contributed by atoms with E-state index >= 15 is 0 Å². The molecule has 9 heteroatoms. The monoisotopic (exact) mass is 513 g/mol. The van der Waals surface area contributed by atoms with Gasteiger partial charge in [0, 0.05) is 11.1 Å². The Balaban J connectivity index is 1.35. The van der Waals surface area contributed by atoms with Crippen LogP contribution >= 0.6 is 23.1 Å². The summed E-state index contributed by atoms with van der Waals surface area (Å²) in [6, 6.07) is 25.4. The lowest BCUT2D eigenvalue weighted by Gasteiger charge is -2.12. The van der Waals surface area contributed by atoms with Crippen LogP contribution < -0.4 is 10.1 Å². The molecule has 1 N–H and O–H groups in total. The fourth-order valence-electron chi connectivity index (χ4n) is 3.58. The van der Waals surface area contributed by atoms with Crippen LogP contribution in [0.1, 0.15) is 13.8 Å². The average molecular weight is 514 g/mol. The third-order valence-corrected chi connectivity index (χ3v) is 7.20. The Hall–Kier alpha value is -3.82. The van der Waals surface area contributed by atoms with E-state index in [1.165, 1.54) is 23.1 Å². The van der Waals surface area contributed by atoms with E-state index in [0.29, 0.717) is 22.6 Å². The molecule has 0 saturated carbocycles. The molecule has 180 valence electrons. The molecule has 0 spiro atoms. The lowest BCUT2D eigenvalue weighted by atomic mass is 10.0. The minimum absolute atomic E-state index is 0.180. The van der Waals surface area contributed by atoms with Gasteiger partial charge in [0.05, 0.1) is 22.1 Å². The van der Waals surface area contributed by atoms with Crippen LogP contribution in [-0.2, 0) is 4.79 Å². The number of amides is 1. The van der Waals surface area contributed by atoms with Crippen molar-refractivity contribution in [3.63, 3.8) is 0 Å². The van der Waals surface area contributed by atoms with Crippen molar-refractivity contribution in [1.29, 1.82) is 0 Å². The third-order valence-electron chi connectivity index (χ3n) is 5.31. The number of carbonyl (C=O) groups is 1. The van der Waals surface area contributed by atoms with E-state index in [9.17, 15) is 4.79 Å². The van der Waals surface area contributed by atoms with Crippen LogP contribution in [0.5, 0.6) is 5.75 Å². The summed E-state index contributed by atoms with van der Waals surface area (Å²) in [4.78, 5) is 22.3. The van der Waals surface area contributed by atoms with Crippen LogP contribution in [0.2, 0.25) is 0 Å². The molecule has 0 radical (unpaired) electrons. The summed E-state index contributed by atoms with van der Waals surface area (Å²) in [5.74, 6) is 0.606. The number of thiazole rings is 1. The van der Waals surface area contributed by atoms with Gasteiger partial charge in [0.15, 0.2) is 5.13 Å². The highest BCUT2D eigenvalue weighted by molar-refractivity contribution is 8.00. The summed E-state index contributed by atoms with van der Waals surface area (Å²) in [6.07, 6.45) is 0. The first-order chi connectivity index (χ1) is 17.6. The van der Waals surface area contributed by atoms with E-state index in [2.05, 4.69) is 20.5 Å². The molecule has 0 aliphatic heterocycles. The van der Waals surface area contributed by atoms with Gasteiger partial charge < -0.3 is 10.1 Å². The van der Waals surface area contributed by atoms with Gasteiger partial charge in [-0.2, -0.15) is 0 Å². The number of rotatable bonds is 8. The molecule has 1 unspecified atom stereocenters. The predicted molar refractivity (Wildman–Crippen MR) is 145 cm³/mol. The molecule has 7 nitrogen and oxygen atoms in total. The highest BCUT2D eigenvalue weighted by Crippen LogP contribution is 2.32. The topological polar surface area (TPSA) is 89.9 Å². The van der Waals surface area contributed by atoms with Crippen LogP contribution in [0.25, 0.3) is 32.7 Å². The fraction of sp³-hybridized carbons (Fsp3) is 0.148. The number of hydrogen-bond acceptors (Lipinski definition) is 8. The summed E-state index contributed by atoms with van der Waals surface area (Å²) in [6.45, 7) is 4.36. The van der Waals surface area contributed by atoms with Crippen molar-refractivity contribution in [3.8, 4) is 28.3 Å². The van der Waals surface area contributed by atoms with E-state index < -0.39 is 5.25 Å². The van der Waals surface area contributed by atoms with Crippen LogP contribution in [0.15, 0.2) is 84.0 Å². The Morgan fingerprint density at radius 3 is 2.33 bits per heavy atom. The molecule has 0 aliphatic rings. The number of anilines is 1. The number of aromatic nitrogens is 4. The minimum atomic E-state index is -0.455. The molecule has 2 aromatic heterocycles. The van der Waals surface area contributed by atoms with Gasteiger partial charge in [0.25, 0.3) is 0 Å². The Morgan fingerprint density at radius 1 is 0.944 bits per heavy atom. The van der Waals surface area contributed by atoms with Crippen LogP contribution in [0, 0.1) is 0 Å². The zero-order valence-electron chi connectivity index (χ0n) is 19.7. The van der Waals surface area contributed by atoms with Gasteiger partial charge in [0.1, 0.15) is 17.1 Å². The van der Waals surface area contributed by atoms with Crippen molar-refractivity contribution in [1.82, 2.24) is 20.2 Å². The van der Waals surface area contributed by atoms with Crippen molar-refractivity contribution in [2.24, 2.45) is 0 Å². The zero-order valence-corrected chi connectivity index (χ0v) is 21.3. The van der Waals surface area contributed by atoms with Crippen LogP contribution in [0.3, 0.4) is 0 Å². The molecule has 0 fully saturated rings. The van der Waals surface area contributed by atoms with Gasteiger partial charge in [-0.1, -0.05) is 83.8 Å². The molecule has 5 rings (SSSR count). The highest BCUT2D eigenvalue weighted by atomic mass is 32.2. The first kappa shape index (κ1) is 23.9. The number of carbonyl (C=O) groups excluding carboxylic acids is 1. The molecule has 5 aromatic rings. The quantitative estimate of drug-likeness (QED) is 0.242. The Kier molecular flexibility index (Phi) is 7.20. The van der Waals surface area contributed by atoms with Crippen LogP contribution in [0.4, 0.5) is 5.13 Å². The molecular weight excluding hydrogens is 490 g/mol. The second-order valence-electron chi connectivity index (χ2n) is 7.85. The number of hydrogen-bond donors (Lipinski definition) is 1. The third kappa shape index (κ3) is 5.37.